The summed E-state index contributed by atoms with van der Waals surface area (Å²) in [5, 5.41) is 0.680. The predicted molar refractivity (Wildman–Crippen MR) is 87.5 cm³/mol. The first kappa shape index (κ1) is 14.8. The lowest BCUT2D eigenvalue weighted by Crippen LogP contribution is -2.37. The fraction of sp³-hybridized carbons (Fsp3) is 0.222. The average molecular weight is 314 g/mol. The largest absolute Gasteiger partial charge is 0.311 e. The van der Waals surface area contributed by atoms with E-state index in [9.17, 15) is 9.59 Å². The molecule has 0 aliphatic carbocycles. The van der Waals surface area contributed by atoms with E-state index in [4.69, 9.17) is 11.6 Å². The minimum Gasteiger partial charge on any atom is -0.311 e. The molecule has 0 fully saturated rings. The summed E-state index contributed by atoms with van der Waals surface area (Å²) in [5.74, 6) is 0.148. The number of aryl methyl sites for hydroxylation is 1. The summed E-state index contributed by atoms with van der Waals surface area (Å²) in [6.45, 7) is 0.463. The van der Waals surface area contributed by atoms with Gasteiger partial charge in [0.1, 0.15) is 0 Å². The zero-order valence-corrected chi connectivity index (χ0v) is 12.8. The van der Waals surface area contributed by atoms with E-state index < -0.39 is 0 Å². The molecular formula is C18H16ClNO2. The van der Waals surface area contributed by atoms with Crippen LogP contribution in [0.15, 0.2) is 48.5 Å². The highest BCUT2D eigenvalue weighted by Crippen LogP contribution is 2.27. The maximum absolute atomic E-state index is 12.5. The smallest absolute Gasteiger partial charge is 0.227 e. The van der Waals surface area contributed by atoms with E-state index >= 15 is 0 Å². The molecule has 1 aliphatic rings. The van der Waals surface area contributed by atoms with Crippen molar-refractivity contribution in [3.63, 3.8) is 0 Å². The summed E-state index contributed by atoms with van der Waals surface area (Å²) in [7, 11) is 0. The molecule has 112 valence electrons. The van der Waals surface area contributed by atoms with Gasteiger partial charge in [-0.25, -0.2) is 0 Å². The molecule has 4 heteroatoms. The second kappa shape index (κ2) is 6.32. The molecule has 0 saturated carbocycles. The van der Waals surface area contributed by atoms with Gasteiger partial charge in [0.15, 0.2) is 5.78 Å². The molecular weight excluding hydrogens is 298 g/mol. The summed E-state index contributed by atoms with van der Waals surface area (Å²) in [4.78, 5) is 26.1. The Hall–Kier alpha value is -2.13. The molecule has 0 bridgehead atoms. The Bertz CT molecular complexity index is 727. The summed E-state index contributed by atoms with van der Waals surface area (Å²) >= 11 is 5.96. The molecule has 1 amide bonds. The first-order chi connectivity index (χ1) is 10.6. The molecule has 1 heterocycles. The topological polar surface area (TPSA) is 37.4 Å². The van der Waals surface area contributed by atoms with E-state index in [0.29, 0.717) is 36.4 Å². The summed E-state index contributed by atoms with van der Waals surface area (Å²) in [6, 6.07) is 14.9. The fourth-order valence-electron chi connectivity index (χ4n) is 2.75. The first-order valence-electron chi connectivity index (χ1n) is 7.32. The van der Waals surface area contributed by atoms with E-state index in [0.717, 1.165) is 11.3 Å². The van der Waals surface area contributed by atoms with Gasteiger partial charge in [-0.2, -0.15) is 0 Å². The van der Waals surface area contributed by atoms with Gasteiger partial charge < -0.3 is 4.90 Å². The van der Waals surface area contributed by atoms with Gasteiger partial charge in [0.05, 0.1) is 5.69 Å². The molecule has 0 aromatic heterocycles. The highest BCUT2D eigenvalue weighted by Gasteiger charge is 2.26. The number of Topliss-reactive ketones (excluding diaryl/α,β-unsaturated/α-hetero) is 1. The van der Waals surface area contributed by atoms with Gasteiger partial charge in [-0.1, -0.05) is 35.9 Å². The number of ketones is 1. The Kier molecular flexibility index (Phi) is 4.25. The van der Waals surface area contributed by atoms with Crippen LogP contribution in [0.1, 0.15) is 28.8 Å². The van der Waals surface area contributed by atoms with Gasteiger partial charge in [0.2, 0.25) is 5.91 Å². The second-order valence-electron chi connectivity index (χ2n) is 5.37. The second-order valence-corrected chi connectivity index (χ2v) is 5.80. The first-order valence-corrected chi connectivity index (χ1v) is 7.70. The van der Waals surface area contributed by atoms with Crippen molar-refractivity contribution in [2.75, 3.05) is 11.4 Å². The number of benzene rings is 2. The summed E-state index contributed by atoms with van der Waals surface area (Å²) < 4.78 is 0. The number of rotatable bonds is 3. The quantitative estimate of drug-likeness (QED) is 0.862. The third kappa shape index (κ3) is 3.04. The maximum Gasteiger partial charge on any atom is 0.227 e. The van der Waals surface area contributed by atoms with Gasteiger partial charge in [-0.15, -0.1) is 0 Å². The Morgan fingerprint density at radius 1 is 1.14 bits per heavy atom. The predicted octanol–water partition coefficient (Wildman–Crippen LogP) is 3.89. The summed E-state index contributed by atoms with van der Waals surface area (Å²) in [5.41, 5.74) is 2.42. The summed E-state index contributed by atoms with van der Waals surface area (Å²) in [6.07, 6.45) is 1.44. The Balaban J connectivity index is 1.73. The van der Waals surface area contributed by atoms with Crippen LogP contribution in [-0.4, -0.2) is 18.2 Å². The number of halogens is 1. The number of hydrogen-bond acceptors (Lipinski definition) is 2. The SMILES string of the molecule is O=C1CCN(C(=O)CCc2cccc(Cl)c2)c2ccccc21. The number of nitrogens with zero attached hydrogens (tertiary/aromatic N) is 1. The molecule has 2 aromatic carbocycles. The third-order valence-electron chi connectivity index (χ3n) is 3.88. The molecule has 0 atom stereocenters. The van der Waals surface area contributed by atoms with Crippen LogP contribution in [0.25, 0.3) is 0 Å². The Morgan fingerprint density at radius 3 is 2.77 bits per heavy atom. The molecule has 0 spiro atoms. The van der Waals surface area contributed by atoms with E-state index in [1.165, 1.54) is 0 Å². The molecule has 2 aromatic rings. The number of fused-ring (bicyclic) bond motifs is 1. The van der Waals surface area contributed by atoms with E-state index in [2.05, 4.69) is 0 Å². The van der Waals surface area contributed by atoms with Crippen molar-refractivity contribution >= 4 is 29.0 Å². The highest BCUT2D eigenvalue weighted by molar-refractivity contribution is 6.30. The van der Waals surface area contributed by atoms with Crippen molar-refractivity contribution in [2.24, 2.45) is 0 Å². The van der Waals surface area contributed by atoms with Crippen LogP contribution in [0, 0.1) is 0 Å². The number of hydrogen-bond donors (Lipinski definition) is 0. The Labute approximate surface area is 134 Å². The number of carbonyl (C=O) groups excluding carboxylic acids is 2. The van der Waals surface area contributed by atoms with Gasteiger partial charge >= 0.3 is 0 Å². The molecule has 0 radical (unpaired) electrons. The lowest BCUT2D eigenvalue weighted by atomic mass is 9.99. The fourth-order valence-corrected chi connectivity index (χ4v) is 2.96. The zero-order valence-electron chi connectivity index (χ0n) is 12.1. The maximum atomic E-state index is 12.5. The molecule has 3 rings (SSSR count). The van der Waals surface area contributed by atoms with Crippen molar-refractivity contribution in [3.8, 4) is 0 Å². The molecule has 0 saturated heterocycles. The van der Waals surface area contributed by atoms with Crippen molar-refractivity contribution < 1.29 is 9.59 Å². The molecule has 22 heavy (non-hydrogen) atoms. The van der Waals surface area contributed by atoms with E-state index in [1.807, 2.05) is 42.5 Å². The van der Waals surface area contributed by atoms with E-state index in [1.54, 1.807) is 11.0 Å². The monoisotopic (exact) mass is 313 g/mol. The van der Waals surface area contributed by atoms with Crippen molar-refractivity contribution in [3.05, 3.63) is 64.7 Å². The normalized spacial score (nSPS) is 13.9. The van der Waals surface area contributed by atoms with Crippen LogP contribution in [0.2, 0.25) is 5.02 Å². The van der Waals surface area contributed by atoms with Crippen LogP contribution < -0.4 is 4.90 Å². The van der Waals surface area contributed by atoms with Crippen LogP contribution in [0.4, 0.5) is 5.69 Å². The number of anilines is 1. The van der Waals surface area contributed by atoms with Crippen molar-refractivity contribution in [1.29, 1.82) is 0 Å². The number of carbonyl (C=O) groups is 2. The third-order valence-corrected chi connectivity index (χ3v) is 4.11. The minimum absolute atomic E-state index is 0.0416. The van der Waals surface area contributed by atoms with Crippen LogP contribution in [0.3, 0.4) is 0 Å². The van der Waals surface area contributed by atoms with Crippen LogP contribution in [-0.2, 0) is 11.2 Å². The number of para-hydroxylation sites is 1. The van der Waals surface area contributed by atoms with Gasteiger partial charge in [-0.3, -0.25) is 9.59 Å². The Morgan fingerprint density at radius 2 is 1.95 bits per heavy atom. The van der Waals surface area contributed by atoms with Crippen molar-refractivity contribution in [2.45, 2.75) is 19.3 Å². The molecule has 0 N–H and O–H groups in total. The van der Waals surface area contributed by atoms with Gasteiger partial charge in [-0.05, 0) is 36.2 Å². The van der Waals surface area contributed by atoms with E-state index in [-0.39, 0.29) is 11.7 Å². The lowest BCUT2D eigenvalue weighted by molar-refractivity contribution is -0.118. The van der Waals surface area contributed by atoms with Crippen LogP contribution in [0.5, 0.6) is 0 Å². The highest BCUT2D eigenvalue weighted by atomic mass is 35.5. The molecule has 0 unspecified atom stereocenters. The molecule has 3 nitrogen and oxygen atoms in total. The zero-order chi connectivity index (χ0) is 15.5. The van der Waals surface area contributed by atoms with Crippen LogP contribution >= 0.6 is 11.6 Å². The standard InChI is InChI=1S/C18H16ClNO2/c19-14-5-3-4-13(12-14)8-9-18(22)20-11-10-17(21)15-6-1-2-7-16(15)20/h1-7,12H,8-11H2. The molecule has 1 aliphatic heterocycles. The van der Waals surface area contributed by atoms with Gasteiger partial charge in [0, 0.05) is 30.0 Å². The number of amides is 1. The lowest BCUT2D eigenvalue weighted by Gasteiger charge is -2.28. The minimum atomic E-state index is 0.0416. The van der Waals surface area contributed by atoms with Gasteiger partial charge in [0.25, 0.3) is 0 Å². The average Bonchev–Trinajstić information content (AvgIpc) is 2.53. The van der Waals surface area contributed by atoms with Crippen molar-refractivity contribution in [1.82, 2.24) is 0 Å².